The molecule has 1 N–H and O–H groups in total. The molecule has 2 nitrogen and oxygen atoms in total. The first-order valence-electron chi connectivity index (χ1n) is 6.45. The Hall–Kier alpha value is -1.98. The number of halogens is 5. The number of benzene rings is 2. The highest BCUT2D eigenvalue weighted by atomic mass is 35.5. The summed E-state index contributed by atoms with van der Waals surface area (Å²) in [6, 6.07) is 7.96. The van der Waals surface area contributed by atoms with Gasteiger partial charge in [0.2, 0.25) is 0 Å². The first kappa shape index (κ1) is 15.9. The maximum absolute atomic E-state index is 12.8. The lowest BCUT2D eigenvalue weighted by atomic mass is 10.0. The summed E-state index contributed by atoms with van der Waals surface area (Å²) >= 11 is 11.8. The smallest absolute Gasteiger partial charge is 0.354 e. The standard InChI is InChI=1S/C16H8Cl2F3NO/c17-12-3-1-8(5-13(12)18)15-11(7-23)10-6-9(16(19,20)21)2-4-14(10)22-15/h1-7,22H. The SMILES string of the molecule is O=Cc1c(-c2ccc(Cl)c(Cl)c2)[nH]c2ccc(C(F)(F)F)cc12. The normalized spacial score (nSPS) is 11.9. The highest BCUT2D eigenvalue weighted by Gasteiger charge is 2.31. The molecule has 0 aliphatic rings. The van der Waals surface area contributed by atoms with E-state index in [9.17, 15) is 18.0 Å². The van der Waals surface area contributed by atoms with Gasteiger partial charge in [0.1, 0.15) is 0 Å². The van der Waals surface area contributed by atoms with Gasteiger partial charge in [-0.2, -0.15) is 13.2 Å². The highest BCUT2D eigenvalue weighted by molar-refractivity contribution is 6.42. The minimum atomic E-state index is -4.48. The number of rotatable bonds is 2. The lowest BCUT2D eigenvalue weighted by molar-refractivity contribution is -0.137. The van der Waals surface area contributed by atoms with Gasteiger partial charge in [-0.1, -0.05) is 29.3 Å². The van der Waals surface area contributed by atoms with Crippen molar-refractivity contribution in [2.24, 2.45) is 0 Å². The highest BCUT2D eigenvalue weighted by Crippen LogP contribution is 2.36. The number of aromatic amines is 1. The van der Waals surface area contributed by atoms with Crippen molar-refractivity contribution in [1.29, 1.82) is 0 Å². The monoisotopic (exact) mass is 357 g/mol. The lowest BCUT2D eigenvalue weighted by Crippen LogP contribution is -2.04. The van der Waals surface area contributed by atoms with Crippen LogP contribution in [0, 0.1) is 0 Å². The number of alkyl halides is 3. The fourth-order valence-electron chi connectivity index (χ4n) is 2.39. The van der Waals surface area contributed by atoms with Crippen molar-refractivity contribution >= 4 is 40.4 Å². The Morgan fingerprint density at radius 1 is 1.00 bits per heavy atom. The van der Waals surface area contributed by atoms with E-state index in [1.54, 1.807) is 18.2 Å². The number of hydrogen-bond acceptors (Lipinski definition) is 1. The van der Waals surface area contributed by atoms with Crippen LogP contribution in [0.25, 0.3) is 22.2 Å². The minimum absolute atomic E-state index is 0.143. The van der Waals surface area contributed by atoms with Gasteiger partial charge in [0.15, 0.2) is 6.29 Å². The molecule has 0 atom stereocenters. The van der Waals surface area contributed by atoms with E-state index in [1.807, 2.05) is 0 Å². The Balaban J connectivity index is 2.25. The summed E-state index contributed by atoms with van der Waals surface area (Å²) in [7, 11) is 0. The van der Waals surface area contributed by atoms with E-state index < -0.39 is 11.7 Å². The Kier molecular flexibility index (Phi) is 3.86. The molecule has 0 saturated heterocycles. The first-order valence-corrected chi connectivity index (χ1v) is 7.20. The molecule has 3 rings (SSSR count). The van der Waals surface area contributed by atoms with Gasteiger partial charge < -0.3 is 4.98 Å². The second kappa shape index (κ2) is 5.58. The lowest BCUT2D eigenvalue weighted by Gasteiger charge is -2.06. The fourth-order valence-corrected chi connectivity index (χ4v) is 2.69. The van der Waals surface area contributed by atoms with Gasteiger partial charge in [-0.05, 0) is 30.3 Å². The third-order valence-electron chi connectivity index (χ3n) is 3.49. The maximum Gasteiger partial charge on any atom is 0.416 e. The predicted octanol–water partition coefficient (Wildman–Crippen LogP) is 5.97. The zero-order valence-electron chi connectivity index (χ0n) is 11.3. The van der Waals surface area contributed by atoms with Crippen molar-refractivity contribution in [1.82, 2.24) is 4.98 Å². The molecule has 0 saturated carbocycles. The molecule has 0 fully saturated rings. The van der Waals surface area contributed by atoms with Crippen molar-refractivity contribution in [3.05, 3.63) is 57.6 Å². The molecule has 3 aromatic rings. The molecule has 1 aromatic heterocycles. The number of nitrogens with one attached hydrogen (secondary N) is 1. The van der Waals surface area contributed by atoms with Crippen LogP contribution in [0.4, 0.5) is 13.2 Å². The summed E-state index contributed by atoms with van der Waals surface area (Å²) in [5.74, 6) is 0. The predicted molar refractivity (Wildman–Crippen MR) is 84.1 cm³/mol. The van der Waals surface area contributed by atoms with E-state index in [-0.39, 0.29) is 16.0 Å². The van der Waals surface area contributed by atoms with Gasteiger partial charge in [0.05, 0.1) is 21.3 Å². The molecule has 0 amide bonds. The quantitative estimate of drug-likeness (QED) is 0.562. The summed E-state index contributed by atoms with van der Waals surface area (Å²) in [6.45, 7) is 0. The van der Waals surface area contributed by atoms with E-state index in [0.29, 0.717) is 28.1 Å². The first-order chi connectivity index (χ1) is 10.8. The zero-order chi connectivity index (χ0) is 16.8. The second-order valence-electron chi connectivity index (χ2n) is 4.92. The van der Waals surface area contributed by atoms with Crippen molar-refractivity contribution in [2.45, 2.75) is 6.18 Å². The molecule has 23 heavy (non-hydrogen) atoms. The second-order valence-corrected chi connectivity index (χ2v) is 5.73. The van der Waals surface area contributed by atoms with Crippen LogP contribution in [-0.4, -0.2) is 11.3 Å². The van der Waals surface area contributed by atoms with Gasteiger partial charge in [0, 0.05) is 22.0 Å². The Morgan fingerprint density at radius 2 is 1.74 bits per heavy atom. The van der Waals surface area contributed by atoms with Crippen LogP contribution in [0.1, 0.15) is 15.9 Å². The maximum atomic E-state index is 12.8. The van der Waals surface area contributed by atoms with Crippen molar-refractivity contribution in [3.63, 3.8) is 0 Å². The van der Waals surface area contributed by atoms with Crippen LogP contribution in [0.3, 0.4) is 0 Å². The minimum Gasteiger partial charge on any atom is -0.354 e. The summed E-state index contributed by atoms with van der Waals surface area (Å²) in [5, 5.41) is 0.838. The van der Waals surface area contributed by atoms with Crippen LogP contribution in [-0.2, 0) is 6.18 Å². The molecule has 7 heteroatoms. The number of aldehydes is 1. The van der Waals surface area contributed by atoms with Crippen molar-refractivity contribution in [2.75, 3.05) is 0 Å². The molecular formula is C16H8Cl2F3NO. The molecule has 0 aliphatic heterocycles. The number of fused-ring (bicyclic) bond motifs is 1. The van der Waals surface area contributed by atoms with Crippen LogP contribution in [0.5, 0.6) is 0 Å². The molecule has 0 radical (unpaired) electrons. The summed E-state index contributed by atoms with van der Waals surface area (Å²) in [5.41, 5.74) is 0.720. The van der Waals surface area contributed by atoms with Gasteiger partial charge in [0.25, 0.3) is 0 Å². The van der Waals surface area contributed by atoms with E-state index in [4.69, 9.17) is 23.2 Å². The van der Waals surface area contributed by atoms with Crippen LogP contribution < -0.4 is 0 Å². The average molecular weight is 358 g/mol. The number of carbonyl (C=O) groups excluding carboxylic acids is 1. The van der Waals surface area contributed by atoms with Crippen LogP contribution >= 0.6 is 23.2 Å². The molecule has 0 unspecified atom stereocenters. The molecular weight excluding hydrogens is 350 g/mol. The Morgan fingerprint density at radius 3 is 2.35 bits per heavy atom. The van der Waals surface area contributed by atoms with Gasteiger partial charge in [-0.3, -0.25) is 4.79 Å². The molecule has 0 bridgehead atoms. The largest absolute Gasteiger partial charge is 0.416 e. The van der Waals surface area contributed by atoms with Gasteiger partial charge in [-0.25, -0.2) is 0 Å². The zero-order valence-corrected chi connectivity index (χ0v) is 12.9. The van der Waals surface area contributed by atoms with Crippen molar-refractivity contribution < 1.29 is 18.0 Å². The molecule has 0 aliphatic carbocycles. The number of H-pyrrole nitrogens is 1. The van der Waals surface area contributed by atoms with E-state index in [1.165, 1.54) is 6.07 Å². The topological polar surface area (TPSA) is 32.9 Å². The molecule has 2 aromatic carbocycles. The van der Waals surface area contributed by atoms with Gasteiger partial charge >= 0.3 is 6.18 Å². The van der Waals surface area contributed by atoms with E-state index >= 15 is 0 Å². The molecule has 1 heterocycles. The Labute approximate surface area is 138 Å². The third kappa shape index (κ3) is 2.82. The van der Waals surface area contributed by atoms with Crippen LogP contribution in [0.15, 0.2) is 36.4 Å². The molecule has 0 spiro atoms. The van der Waals surface area contributed by atoms with Gasteiger partial charge in [-0.15, -0.1) is 0 Å². The van der Waals surface area contributed by atoms with Crippen LogP contribution in [0.2, 0.25) is 10.0 Å². The summed E-state index contributed by atoms with van der Waals surface area (Å²) < 4.78 is 38.5. The third-order valence-corrected chi connectivity index (χ3v) is 4.23. The molecule has 118 valence electrons. The van der Waals surface area contributed by atoms with Crippen molar-refractivity contribution in [3.8, 4) is 11.3 Å². The number of aromatic nitrogens is 1. The van der Waals surface area contributed by atoms with E-state index in [0.717, 1.165) is 12.1 Å². The fraction of sp³-hybridized carbons (Fsp3) is 0.0625. The average Bonchev–Trinajstić information content (AvgIpc) is 2.86. The van der Waals surface area contributed by atoms with E-state index in [2.05, 4.69) is 4.98 Å². The number of hydrogen-bond donors (Lipinski definition) is 1. The summed E-state index contributed by atoms with van der Waals surface area (Å²) in [6.07, 6.45) is -3.95. The Bertz CT molecular complexity index is 916. The summed E-state index contributed by atoms with van der Waals surface area (Å²) in [4.78, 5) is 14.4. The number of carbonyl (C=O) groups is 1.